The first kappa shape index (κ1) is 21.0. The van der Waals surface area contributed by atoms with Crippen molar-refractivity contribution < 1.29 is 23.8 Å². The van der Waals surface area contributed by atoms with Crippen molar-refractivity contribution in [1.82, 2.24) is 4.90 Å². The summed E-state index contributed by atoms with van der Waals surface area (Å²) in [7, 11) is 1.46. The molecule has 6 nitrogen and oxygen atoms in total. The summed E-state index contributed by atoms with van der Waals surface area (Å²) >= 11 is 0. The van der Waals surface area contributed by atoms with E-state index in [4.69, 9.17) is 14.2 Å². The molecule has 0 radical (unpaired) electrons. The quantitative estimate of drug-likeness (QED) is 0.556. The van der Waals surface area contributed by atoms with Gasteiger partial charge in [-0.1, -0.05) is 30.3 Å². The fraction of sp³-hybridized carbons (Fsp3) is 0.579. The molecule has 1 atom stereocenters. The van der Waals surface area contributed by atoms with E-state index in [0.29, 0.717) is 0 Å². The Balaban J connectivity index is 3.24. The number of carbonyl (C=O) groups is 2. The van der Waals surface area contributed by atoms with E-state index < -0.39 is 23.2 Å². The maximum atomic E-state index is 12.7. The number of hydrogen-bond donors (Lipinski definition) is 0. The molecule has 6 heteroatoms. The van der Waals surface area contributed by atoms with Gasteiger partial charge in [-0.25, -0.2) is 9.59 Å². The van der Waals surface area contributed by atoms with E-state index in [0.717, 1.165) is 5.56 Å². The smallest absolute Gasteiger partial charge is 0.413 e. The molecule has 0 spiro atoms. The van der Waals surface area contributed by atoms with Crippen LogP contribution in [0, 0.1) is 0 Å². The number of ether oxygens (including phenoxy) is 3. The molecule has 140 valence electrons. The van der Waals surface area contributed by atoms with Gasteiger partial charge < -0.3 is 14.2 Å². The number of hydrogen-bond acceptors (Lipinski definition) is 5. The highest BCUT2D eigenvalue weighted by Crippen LogP contribution is 2.25. The number of methoxy groups -OCH3 is 1. The van der Waals surface area contributed by atoms with Gasteiger partial charge in [-0.2, -0.15) is 0 Å². The minimum atomic E-state index is -1.25. The second-order valence-electron chi connectivity index (χ2n) is 6.98. The highest BCUT2D eigenvalue weighted by Gasteiger charge is 2.45. The van der Waals surface area contributed by atoms with E-state index >= 15 is 0 Å². The van der Waals surface area contributed by atoms with Crippen molar-refractivity contribution in [2.24, 2.45) is 0 Å². The molecular formula is C19H29NO5. The predicted octanol–water partition coefficient (Wildman–Crippen LogP) is 3.39. The number of rotatable bonds is 7. The summed E-state index contributed by atoms with van der Waals surface area (Å²) in [5.74, 6) is -0.498. The first-order valence-corrected chi connectivity index (χ1v) is 8.34. The van der Waals surface area contributed by atoms with Crippen LogP contribution in [0.5, 0.6) is 0 Å². The Kier molecular flexibility index (Phi) is 7.42. The number of benzene rings is 1. The van der Waals surface area contributed by atoms with Gasteiger partial charge in [0.15, 0.2) is 0 Å². The summed E-state index contributed by atoms with van der Waals surface area (Å²) in [6, 6.07) is 9.46. The lowest BCUT2D eigenvalue weighted by atomic mass is 9.91. The number of amides is 1. The molecule has 0 aliphatic carbocycles. The van der Waals surface area contributed by atoms with E-state index in [1.807, 2.05) is 30.3 Å². The zero-order valence-electron chi connectivity index (χ0n) is 16.0. The van der Waals surface area contributed by atoms with Crippen LogP contribution in [-0.4, -0.2) is 48.5 Å². The summed E-state index contributed by atoms with van der Waals surface area (Å²) in [5, 5.41) is 0. The fourth-order valence-electron chi connectivity index (χ4n) is 2.40. The van der Waals surface area contributed by atoms with Gasteiger partial charge in [-0.3, -0.25) is 4.90 Å². The van der Waals surface area contributed by atoms with Gasteiger partial charge in [0.25, 0.3) is 0 Å². The van der Waals surface area contributed by atoms with Gasteiger partial charge in [0.05, 0.1) is 6.61 Å². The highest BCUT2D eigenvalue weighted by atomic mass is 16.6. The lowest BCUT2D eigenvalue weighted by Crippen LogP contribution is -2.58. The Morgan fingerprint density at radius 1 is 1.08 bits per heavy atom. The summed E-state index contributed by atoms with van der Waals surface area (Å²) in [4.78, 5) is 26.7. The van der Waals surface area contributed by atoms with Gasteiger partial charge in [-0.05, 0) is 40.2 Å². The molecule has 25 heavy (non-hydrogen) atoms. The molecule has 1 aromatic carbocycles. The maximum absolute atomic E-state index is 12.7. The Bertz CT molecular complexity index is 567. The second kappa shape index (κ2) is 8.85. The van der Waals surface area contributed by atoms with E-state index in [1.54, 1.807) is 34.6 Å². The maximum Gasteiger partial charge on any atom is 0.413 e. The van der Waals surface area contributed by atoms with Crippen molar-refractivity contribution in [3.05, 3.63) is 35.9 Å². The molecule has 0 aromatic heterocycles. The van der Waals surface area contributed by atoms with Crippen LogP contribution >= 0.6 is 0 Å². The molecule has 1 rings (SSSR count). The van der Waals surface area contributed by atoms with E-state index in [1.165, 1.54) is 12.0 Å². The molecule has 0 saturated heterocycles. The molecule has 0 N–H and O–H groups in total. The Hall–Kier alpha value is -2.08. The first-order valence-electron chi connectivity index (χ1n) is 8.34. The fourth-order valence-corrected chi connectivity index (χ4v) is 2.40. The Morgan fingerprint density at radius 2 is 1.68 bits per heavy atom. The molecule has 0 aliphatic rings. The minimum absolute atomic E-state index is 0.0862. The third-order valence-electron chi connectivity index (χ3n) is 3.57. The standard InChI is InChI=1S/C19H29NO5/c1-7-24-16(21)19(5,13-15-11-9-8-10-12-15)20(14-23-6)17(22)25-18(2,3)4/h8-12H,7,13-14H2,1-6H3/t19-/m1/s1. The number of carbonyl (C=O) groups excluding carboxylic acids is 2. The van der Waals surface area contributed by atoms with Crippen LogP contribution in [0.25, 0.3) is 0 Å². The monoisotopic (exact) mass is 351 g/mol. The van der Waals surface area contributed by atoms with Crippen molar-refractivity contribution in [3.8, 4) is 0 Å². The van der Waals surface area contributed by atoms with Gasteiger partial charge in [0.2, 0.25) is 0 Å². The van der Waals surface area contributed by atoms with Gasteiger partial charge >= 0.3 is 12.1 Å². The average molecular weight is 351 g/mol. The van der Waals surface area contributed by atoms with Crippen molar-refractivity contribution in [3.63, 3.8) is 0 Å². The van der Waals surface area contributed by atoms with Crippen molar-refractivity contribution in [2.75, 3.05) is 20.4 Å². The SMILES string of the molecule is CCOC(=O)[C@@](C)(Cc1ccccc1)N(COC)C(=O)OC(C)(C)C. The number of esters is 1. The van der Waals surface area contributed by atoms with Crippen molar-refractivity contribution in [1.29, 1.82) is 0 Å². The summed E-state index contributed by atoms with van der Waals surface area (Å²) in [6.45, 7) is 8.85. The van der Waals surface area contributed by atoms with E-state index in [9.17, 15) is 9.59 Å². The summed E-state index contributed by atoms with van der Waals surface area (Å²) < 4.78 is 15.9. The largest absolute Gasteiger partial charge is 0.464 e. The van der Waals surface area contributed by atoms with Crippen LogP contribution in [0.15, 0.2) is 30.3 Å². The van der Waals surface area contributed by atoms with E-state index in [2.05, 4.69) is 0 Å². The van der Waals surface area contributed by atoms with Gasteiger partial charge in [0, 0.05) is 13.5 Å². The Morgan fingerprint density at radius 3 is 2.16 bits per heavy atom. The average Bonchev–Trinajstić information content (AvgIpc) is 2.51. The molecule has 0 aliphatic heterocycles. The van der Waals surface area contributed by atoms with Crippen LogP contribution < -0.4 is 0 Å². The van der Waals surface area contributed by atoms with Crippen molar-refractivity contribution >= 4 is 12.1 Å². The third-order valence-corrected chi connectivity index (χ3v) is 3.57. The summed E-state index contributed by atoms with van der Waals surface area (Å²) in [5.41, 5.74) is -1.04. The van der Waals surface area contributed by atoms with Crippen LogP contribution in [0.4, 0.5) is 4.79 Å². The predicted molar refractivity (Wildman–Crippen MR) is 95.1 cm³/mol. The molecule has 1 aromatic rings. The zero-order valence-corrected chi connectivity index (χ0v) is 16.0. The van der Waals surface area contributed by atoms with Crippen molar-refractivity contribution in [2.45, 2.75) is 52.2 Å². The molecule has 0 heterocycles. The van der Waals surface area contributed by atoms with Gasteiger partial charge in [0.1, 0.15) is 17.9 Å². The molecule has 0 fully saturated rings. The lowest BCUT2D eigenvalue weighted by Gasteiger charge is -2.39. The normalized spacial score (nSPS) is 13.7. The molecule has 1 amide bonds. The highest BCUT2D eigenvalue weighted by molar-refractivity contribution is 5.86. The zero-order chi connectivity index (χ0) is 19.1. The van der Waals surface area contributed by atoms with Crippen LogP contribution in [-0.2, 0) is 25.4 Å². The summed E-state index contributed by atoms with van der Waals surface area (Å²) in [6.07, 6.45) is -0.337. The molecule has 0 saturated carbocycles. The Labute approximate surface area is 150 Å². The van der Waals surface area contributed by atoms with Gasteiger partial charge in [-0.15, -0.1) is 0 Å². The van der Waals surface area contributed by atoms with Crippen LogP contribution in [0.3, 0.4) is 0 Å². The first-order chi connectivity index (χ1) is 11.6. The second-order valence-corrected chi connectivity index (χ2v) is 6.98. The molecular weight excluding hydrogens is 322 g/mol. The number of nitrogens with zero attached hydrogens (tertiary/aromatic N) is 1. The topological polar surface area (TPSA) is 65.1 Å². The third kappa shape index (κ3) is 6.05. The lowest BCUT2D eigenvalue weighted by molar-refractivity contribution is -0.159. The van der Waals surface area contributed by atoms with E-state index in [-0.39, 0.29) is 19.8 Å². The molecule has 0 unspecified atom stereocenters. The van der Waals surface area contributed by atoms with Crippen LogP contribution in [0.2, 0.25) is 0 Å². The molecule has 0 bridgehead atoms. The van der Waals surface area contributed by atoms with Crippen LogP contribution in [0.1, 0.15) is 40.2 Å². The minimum Gasteiger partial charge on any atom is -0.464 e.